The monoisotopic (exact) mass is 669 g/mol. The van der Waals surface area contributed by atoms with E-state index in [1.807, 2.05) is 27.7 Å². The van der Waals surface area contributed by atoms with E-state index in [1.165, 1.54) is 4.68 Å². The molecule has 0 bridgehead atoms. The number of pyridine rings is 1. The molecule has 0 amide bonds. The Kier molecular flexibility index (Phi) is 13.2. The molecule has 49 heavy (non-hydrogen) atoms. The number of hydrogen-bond donors (Lipinski definition) is 3. The summed E-state index contributed by atoms with van der Waals surface area (Å²) in [6, 6.07) is 9.63. The topological polar surface area (TPSA) is 203 Å². The number of benzene rings is 1. The quantitative estimate of drug-likeness (QED) is 0.0552. The van der Waals surface area contributed by atoms with Crippen LogP contribution in [0.3, 0.4) is 0 Å². The van der Waals surface area contributed by atoms with Crippen LogP contribution in [-0.2, 0) is 23.8 Å². The minimum Gasteiger partial charge on any atom is -0.464 e. The fraction of sp³-hybridized carbons (Fsp3) is 0.364. The fourth-order valence-corrected chi connectivity index (χ4v) is 4.78. The van der Waals surface area contributed by atoms with Gasteiger partial charge in [0.05, 0.1) is 31.3 Å². The van der Waals surface area contributed by atoms with E-state index in [4.69, 9.17) is 24.2 Å². The minimum atomic E-state index is -0.577. The van der Waals surface area contributed by atoms with Gasteiger partial charge in [0.2, 0.25) is 11.8 Å². The van der Waals surface area contributed by atoms with Crippen molar-refractivity contribution in [2.45, 2.75) is 40.2 Å². The molecule has 0 aliphatic carbocycles. The molecule has 16 heteroatoms. The molecular weight excluding hydrogens is 630 g/mol. The number of aldehydes is 1. The third kappa shape index (κ3) is 10.3. The number of esters is 1. The summed E-state index contributed by atoms with van der Waals surface area (Å²) in [4.78, 5) is 35.9. The molecule has 0 aliphatic rings. The molecule has 0 aliphatic heterocycles. The predicted octanol–water partition coefficient (Wildman–Crippen LogP) is 5.02. The average molecular weight is 670 g/mol. The lowest BCUT2D eigenvalue weighted by atomic mass is 10.1. The Morgan fingerprint density at radius 1 is 1.16 bits per heavy atom. The van der Waals surface area contributed by atoms with Gasteiger partial charge in [-0.15, -0.1) is 15.3 Å². The first-order valence-corrected chi connectivity index (χ1v) is 15.5. The van der Waals surface area contributed by atoms with E-state index in [2.05, 4.69) is 54.5 Å². The van der Waals surface area contributed by atoms with Crippen LogP contribution >= 0.6 is 0 Å². The maximum atomic E-state index is 11.9. The first kappa shape index (κ1) is 36.1. The average Bonchev–Trinajstić information content (AvgIpc) is 3.49. The number of rotatable bonds is 18. The number of aryl methyl sites for hydroxylation is 3. The van der Waals surface area contributed by atoms with E-state index in [9.17, 15) is 14.9 Å². The SMILES string of the molecule is COCC(C)Nc1nc(Nc2c(C)cc(C)cc2C)nc(NCCCOC(=O)COCC=O)c1N=Nc1nn(-c2cccnc2)cc1C#N. The van der Waals surface area contributed by atoms with Crippen LogP contribution in [0.25, 0.3) is 5.69 Å². The molecule has 1 aromatic carbocycles. The van der Waals surface area contributed by atoms with Crippen LogP contribution in [0.4, 0.5) is 34.8 Å². The first-order valence-electron chi connectivity index (χ1n) is 15.5. The zero-order valence-electron chi connectivity index (χ0n) is 28.1. The number of nitrogens with one attached hydrogen (secondary N) is 3. The van der Waals surface area contributed by atoms with Crippen LogP contribution < -0.4 is 16.0 Å². The van der Waals surface area contributed by atoms with Crippen molar-refractivity contribution < 1.29 is 23.8 Å². The van der Waals surface area contributed by atoms with Gasteiger partial charge >= 0.3 is 5.97 Å². The van der Waals surface area contributed by atoms with E-state index in [0.717, 1.165) is 22.4 Å². The lowest BCUT2D eigenvalue weighted by Gasteiger charge is -2.19. The second-order valence-electron chi connectivity index (χ2n) is 11.0. The molecule has 0 saturated carbocycles. The van der Waals surface area contributed by atoms with Crippen LogP contribution in [0.1, 0.15) is 35.6 Å². The zero-order chi connectivity index (χ0) is 35.2. The molecular formula is C33H39N11O5. The van der Waals surface area contributed by atoms with Crippen LogP contribution in [0.5, 0.6) is 0 Å². The second kappa shape index (κ2) is 17.9. The van der Waals surface area contributed by atoms with Crippen molar-refractivity contribution in [2.24, 2.45) is 10.2 Å². The van der Waals surface area contributed by atoms with Gasteiger partial charge < -0.3 is 35.0 Å². The highest BCUT2D eigenvalue weighted by atomic mass is 16.6. The van der Waals surface area contributed by atoms with Crippen LogP contribution in [0, 0.1) is 32.1 Å². The normalized spacial score (nSPS) is 11.6. The number of nitrogens with zero attached hydrogens (tertiary/aromatic N) is 8. The van der Waals surface area contributed by atoms with Crippen molar-refractivity contribution in [1.29, 1.82) is 5.26 Å². The Morgan fingerprint density at radius 3 is 2.63 bits per heavy atom. The summed E-state index contributed by atoms with van der Waals surface area (Å²) in [5.41, 5.74) is 5.15. The van der Waals surface area contributed by atoms with Crippen LogP contribution in [-0.4, -0.2) is 83.1 Å². The molecule has 256 valence electrons. The number of nitriles is 1. The van der Waals surface area contributed by atoms with Gasteiger partial charge in [0.1, 0.15) is 31.1 Å². The zero-order valence-corrected chi connectivity index (χ0v) is 28.1. The van der Waals surface area contributed by atoms with Gasteiger partial charge in [0.15, 0.2) is 17.3 Å². The van der Waals surface area contributed by atoms with Gasteiger partial charge in [-0.2, -0.15) is 15.2 Å². The van der Waals surface area contributed by atoms with Crippen molar-refractivity contribution >= 4 is 47.0 Å². The Bertz CT molecular complexity index is 1780. The maximum Gasteiger partial charge on any atom is 0.332 e. The second-order valence-corrected chi connectivity index (χ2v) is 11.0. The van der Waals surface area contributed by atoms with E-state index >= 15 is 0 Å². The van der Waals surface area contributed by atoms with Crippen LogP contribution in [0.2, 0.25) is 0 Å². The van der Waals surface area contributed by atoms with Gasteiger partial charge in [-0.3, -0.25) is 4.98 Å². The van der Waals surface area contributed by atoms with E-state index in [-0.39, 0.29) is 42.9 Å². The van der Waals surface area contributed by atoms with Crippen molar-refractivity contribution in [1.82, 2.24) is 24.7 Å². The van der Waals surface area contributed by atoms with Gasteiger partial charge in [-0.1, -0.05) is 17.7 Å². The molecule has 3 aromatic heterocycles. The number of ether oxygens (including phenoxy) is 3. The summed E-state index contributed by atoms with van der Waals surface area (Å²) in [5, 5.41) is 33.1. The Balaban J connectivity index is 1.70. The summed E-state index contributed by atoms with van der Waals surface area (Å²) >= 11 is 0. The lowest BCUT2D eigenvalue weighted by molar-refractivity contribution is -0.149. The summed E-state index contributed by atoms with van der Waals surface area (Å²) in [5.74, 6) is 0.471. The van der Waals surface area contributed by atoms with Gasteiger partial charge in [-0.25, -0.2) is 9.48 Å². The number of methoxy groups -OCH3 is 1. The Hall–Kier alpha value is -5.79. The molecule has 4 aromatic rings. The van der Waals surface area contributed by atoms with Gasteiger partial charge in [-0.05, 0) is 57.4 Å². The predicted molar refractivity (Wildman–Crippen MR) is 182 cm³/mol. The third-order valence-electron chi connectivity index (χ3n) is 6.85. The van der Waals surface area contributed by atoms with E-state index in [0.29, 0.717) is 49.1 Å². The number of hydrogen-bond acceptors (Lipinski definition) is 15. The number of aromatic nitrogens is 5. The summed E-state index contributed by atoms with van der Waals surface area (Å²) in [6.45, 7) is 8.28. The Morgan fingerprint density at radius 2 is 1.94 bits per heavy atom. The molecule has 3 N–H and O–H groups in total. The first-order chi connectivity index (χ1) is 23.7. The van der Waals surface area contributed by atoms with Crippen molar-refractivity contribution in [2.75, 3.05) is 56.0 Å². The highest BCUT2D eigenvalue weighted by Crippen LogP contribution is 2.36. The van der Waals surface area contributed by atoms with Crippen LogP contribution in [0.15, 0.2) is 53.1 Å². The Labute approximate surface area is 283 Å². The smallest absolute Gasteiger partial charge is 0.332 e. The third-order valence-corrected chi connectivity index (χ3v) is 6.85. The number of carbonyl (C=O) groups is 2. The molecule has 0 radical (unpaired) electrons. The van der Waals surface area contributed by atoms with Crippen molar-refractivity contribution in [3.05, 3.63) is 65.1 Å². The number of carbonyl (C=O) groups excluding carboxylic acids is 2. The van der Waals surface area contributed by atoms with Gasteiger partial charge in [0, 0.05) is 31.6 Å². The molecule has 3 heterocycles. The van der Waals surface area contributed by atoms with Crippen molar-refractivity contribution in [3.8, 4) is 11.8 Å². The van der Waals surface area contributed by atoms with E-state index < -0.39 is 5.97 Å². The van der Waals surface area contributed by atoms with Gasteiger partial charge in [0.25, 0.3) is 0 Å². The molecule has 0 saturated heterocycles. The maximum absolute atomic E-state index is 11.9. The van der Waals surface area contributed by atoms with Crippen molar-refractivity contribution in [3.63, 3.8) is 0 Å². The highest BCUT2D eigenvalue weighted by molar-refractivity contribution is 5.77. The molecule has 0 spiro atoms. The summed E-state index contributed by atoms with van der Waals surface area (Å²) < 4.78 is 16.9. The molecule has 1 atom stereocenters. The largest absolute Gasteiger partial charge is 0.464 e. The summed E-state index contributed by atoms with van der Waals surface area (Å²) in [6.07, 6.45) is 5.77. The molecule has 16 nitrogen and oxygen atoms in total. The minimum absolute atomic E-state index is 0.0880. The summed E-state index contributed by atoms with van der Waals surface area (Å²) in [7, 11) is 1.60. The highest BCUT2D eigenvalue weighted by Gasteiger charge is 2.19. The standard InChI is InChI=1S/C33H39N11O5/c1-21-14-22(2)28(23(3)15-21)38-33-39-31(36-10-7-12-49-27(46)20-48-13-11-45)29(32(40-33)37-24(4)19-47-5)41-42-30-25(16-34)18-44(43-30)26-8-6-9-35-17-26/h6,8-9,11,14-15,17-18,24H,7,10,12-13,19-20H2,1-5H3,(H3,36,37,38,39,40). The molecule has 1 unspecified atom stereocenters. The fourth-order valence-electron chi connectivity index (χ4n) is 4.78. The lowest BCUT2D eigenvalue weighted by Crippen LogP contribution is -2.22. The van der Waals surface area contributed by atoms with E-state index in [1.54, 1.807) is 37.8 Å². The number of anilines is 4. The number of azo groups is 1. The molecule has 0 fully saturated rings. The molecule has 4 rings (SSSR count).